The van der Waals surface area contributed by atoms with E-state index in [-0.39, 0.29) is 29.8 Å². The Morgan fingerprint density at radius 1 is 0.907 bits per heavy atom. The highest BCUT2D eigenvalue weighted by Crippen LogP contribution is 2.55. The van der Waals surface area contributed by atoms with Crippen molar-refractivity contribution in [1.29, 1.82) is 0 Å². The number of carbonyl (C=O) groups is 2. The second-order valence-corrected chi connectivity index (χ2v) is 19.8. The molecule has 1 N–H and O–H groups in total. The Morgan fingerprint density at radius 3 is 2.07 bits per heavy atom. The van der Waals surface area contributed by atoms with Gasteiger partial charge in [0.05, 0.1) is 6.61 Å². The third-order valence-corrected chi connectivity index (χ3v) is 15.9. The maximum Gasteiger partial charge on any atom is 0.351 e. The van der Waals surface area contributed by atoms with Gasteiger partial charge in [0.2, 0.25) is 0 Å². The topological polar surface area (TPSA) is 118 Å². The fraction of sp³-hybridized carbons (Fsp3) is 0.286. The lowest BCUT2D eigenvalue weighted by atomic mass is 9.86. The van der Waals surface area contributed by atoms with E-state index in [2.05, 4.69) is 71.3 Å². The predicted molar refractivity (Wildman–Crippen MR) is 211 cm³/mol. The van der Waals surface area contributed by atoms with Crippen molar-refractivity contribution in [1.82, 2.24) is 9.55 Å². The number of rotatable bonds is 10. The average molecular weight is 809 g/mol. The van der Waals surface area contributed by atoms with Crippen LogP contribution < -0.4 is 21.4 Å². The van der Waals surface area contributed by atoms with Gasteiger partial charge in [0, 0.05) is 35.1 Å². The second-order valence-electron chi connectivity index (χ2n) is 14.6. The number of benzene rings is 4. The van der Waals surface area contributed by atoms with Gasteiger partial charge in [-0.25, -0.2) is 4.79 Å². The summed E-state index contributed by atoms with van der Waals surface area (Å²) in [4.78, 5) is 43.3. The van der Waals surface area contributed by atoms with Crippen molar-refractivity contribution in [3.05, 3.63) is 154 Å². The van der Waals surface area contributed by atoms with Crippen molar-refractivity contribution in [2.24, 2.45) is 0 Å². The van der Waals surface area contributed by atoms with Crippen LogP contribution in [0.3, 0.4) is 0 Å². The molecule has 12 heteroatoms. The summed E-state index contributed by atoms with van der Waals surface area (Å²) in [5, 5.41) is 4.61. The minimum Gasteiger partial charge on any atom is -0.457 e. The van der Waals surface area contributed by atoms with Crippen molar-refractivity contribution in [3.8, 4) is 0 Å². The van der Waals surface area contributed by atoms with Crippen LogP contribution in [0.5, 0.6) is 0 Å². The molecule has 0 bridgehead atoms. The summed E-state index contributed by atoms with van der Waals surface area (Å²) in [7, 11) is -3.00. The first-order valence-electron chi connectivity index (χ1n) is 17.9. The molecule has 0 aliphatic carbocycles. The van der Waals surface area contributed by atoms with Crippen LogP contribution in [-0.4, -0.2) is 54.7 Å². The number of nitrogens with zero attached hydrogens (tertiary/aromatic N) is 2. The van der Waals surface area contributed by atoms with Crippen LogP contribution in [0, 0.1) is 0 Å². The van der Waals surface area contributed by atoms with Crippen LogP contribution in [0.2, 0.25) is 5.04 Å². The van der Waals surface area contributed by atoms with Crippen molar-refractivity contribution in [2.45, 2.75) is 69.3 Å². The molecule has 2 aliphatic rings. The van der Waals surface area contributed by atoms with Crippen LogP contribution in [0.4, 0.5) is 5.82 Å². The Labute approximate surface area is 323 Å². The van der Waals surface area contributed by atoms with Crippen molar-refractivity contribution in [2.75, 3.05) is 11.9 Å². The van der Waals surface area contributed by atoms with E-state index in [1.165, 1.54) is 11.5 Å². The highest BCUT2D eigenvalue weighted by Gasteiger charge is 2.65. The smallest absolute Gasteiger partial charge is 0.351 e. The van der Waals surface area contributed by atoms with Gasteiger partial charge in [0.25, 0.3) is 14.2 Å². The highest BCUT2D eigenvalue weighted by molar-refractivity contribution is 9.10. The van der Waals surface area contributed by atoms with Gasteiger partial charge in [-0.2, -0.15) is 4.98 Å². The molecule has 278 valence electrons. The van der Waals surface area contributed by atoms with Crippen molar-refractivity contribution >= 4 is 52.3 Å². The first-order valence-corrected chi connectivity index (χ1v) is 20.6. The zero-order valence-electron chi connectivity index (χ0n) is 30.5. The standard InChI is InChI=1S/C42H42BrN3O7Si/c1-28(47)51-37-34(27-50-54(41(2,3)4,30-18-10-6-11-19-30)31-20-12-7-13-21-31)53-42(32-22-14-15-23-33(32)43)26-36(52-38(37)42)46-25-24-35(45-40(46)49)44-39(48)29-16-8-5-9-17-29/h5-25,34,36-38H,26-27H2,1-4H3,(H,44,45,48,49)/t34-,36+,37-,38-,42+/m1/s1. The summed E-state index contributed by atoms with van der Waals surface area (Å²) in [6, 6.07) is 38.5. The van der Waals surface area contributed by atoms with E-state index in [0.717, 1.165) is 20.4 Å². The van der Waals surface area contributed by atoms with Gasteiger partial charge >= 0.3 is 11.7 Å². The minimum absolute atomic E-state index is 0.110. The molecule has 4 aromatic carbocycles. The van der Waals surface area contributed by atoms with Crippen LogP contribution >= 0.6 is 15.9 Å². The fourth-order valence-corrected chi connectivity index (χ4v) is 13.1. The van der Waals surface area contributed by atoms with Crippen LogP contribution in [0.1, 0.15) is 56.3 Å². The Kier molecular flexibility index (Phi) is 10.6. The Balaban J connectivity index is 1.24. The van der Waals surface area contributed by atoms with Gasteiger partial charge in [0.1, 0.15) is 29.9 Å². The number of ether oxygens (including phenoxy) is 3. The summed E-state index contributed by atoms with van der Waals surface area (Å²) >= 11 is 3.74. The molecule has 2 aliphatic heterocycles. The number of halogens is 1. The molecule has 2 fully saturated rings. The summed E-state index contributed by atoms with van der Waals surface area (Å²) in [5.74, 6) is -0.770. The second kappa shape index (κ2) is 15.2. The number of carbonyl (C=O) groups excluding carboxylic acids is 2. The molecule has 0 unspecified atom stereocenters. The third-order valence-electron chi connectivity index (χ3n) is 10.2. The maximum absolute atomic E-state index is 13.5. The Bertz CT molecular complexity index is 2140. The average Bonchev–Trinajstić information content (AvgIpc) is 3.66. The van der Waals surface area contributed by atoms with Gasteiger partial charge in [-0.05, 0) is 39.7 Å². The molecule has 10 nitrogen and oxygen atoms in total. The van der Waals surface area contributed by atoms with Gasteiger partial charge < -0.3 is 24.0 Å². The van der Waals surface area contributed by atoms with Crippen LogP contribution in [-0.2, 0) is 29.0 Å². The monoisotopic (exact) mass is 807 g/mol. The molecule has 2 saturated heterocycles. The third kappa shape index (κ3) is 7.00. The molecule has 0 spiro atoms. The first kappa shape index (κ1) is 37.6. The summed E-state index contributed by atoms with van der Waals surface area (Å²) < 4.78 is 29.4. The Morgan fingerprint density at radius 2 is 1.50 bits per heavy atom. The number of hydrogen-bond acceptors (Lipinski definition) is 8. The number of hydrogen-bond donors (Lipinski definition) is 1. The van der Waals surface area contributed by atoms with Gasteiger partial charge in [-0.3, -0.25) is 14.2 Å². The van der Waals surface area contributed by atoms with E-state index in [0.29, 0.717) is 5.56 Å². The number of fused-ring (bicyclic) bond motifs is 1. The molecule has 1 amide bonds. The molecule has 5 atom stereocenters. The van der Waals surface area contributed by atoms with E-state index >= 15 is 0 Å². The molecule has 0 saturated carbocycles. The van der Waals surface area contributed by atoms with Crippen molar-refractivity contribution in [3.63, 3.8) is 0 Å². The van der Waals surface area contributed by atoms with E-state index in [1.807, 2.05) is 66.7 Å². The molecule has 54 heavy (non-hydrogen) atoms. The molecule has 7 rings (SSSR count). The molecular weight excluding hydrogens is 766 g/mol. The predicted octanol–water partition coefficient (Wildman–Crippen LogP) is 6.35. The summed E-state index contributed by atoms with van der Waals surface area (Å²) in [6.07, 6.45) is -1.52. The normalized spacial score (nSPS) is 22.4. The van der Waals surface area contributed by atoms with E-state index in [9.17, 15) is 14.4 Å². The largest absolute Gasteiger partial charge is 0.457 e. The number of aromatic nitrogens is 2. The van der Waals surface area contributed by atoms with Crippen LogP contribution in [0.15, 0.2) is 137 Å². The molecule has 5 aromatic rings. The lowest BCUT2D eigenvalue weighted by Gasteiger charge is -2.43. The SMILES string of the molecule is CC(=O)O[C@H]1[C@H]2O[C@H](n3ccc(NC(=O)c4ccccc4)nc3=O)C[C@@]2(c2ccccc2Br)O[C@@H]1CO[Si](c1ccccc1)(c1ccccc1)C(C)(C)C. The van der Waals surface area contributed by atoms with Gasteiger partial charge in [-0.1, -0.05) is 134 Å². The van der Waals surface area contributed by atoms with E-state index < -0.39 is 50.1 Å². The fourth-order valence-electron chi connectivity index (χ4n) is 7.89. The number of nitrogens with one attached hydrogen (secondary N) is 1. The van der Waals surface area contributed by atoms with E-state index in [4.69, 9.17) is 18.6 Å². The van der Waals surface area contributed by atoms with Crippen LogP contribution in [0.25, 0.3) is 0 Å². The minimum atomic E-state index is -3.00. The van der Waals surface area contributed by atoms with E-state index in [1.54, 1.807) is 36.5 Å². The Hall–Kier alpha value is -4.72. The quantitative estimate of drug-likeness (QED) is 0.128. The number of anilines is 1. The number of esters is 1. The molecular formula is C42H42BrN3O7Si. The molecule has 3 heterocycles. The lowest BCUT2D eigenvalue weighted by Crippen LogP contribution is -2.67. The zero-order chi connectivity index (χ0) is 38.1. The summed E-state index contributed by atoms with van der Waals surface area (Å²) in [6.45, 7) is 8.08. The molecule has 0 radical (unpaired) electrons. The maximum atomic E-state index is 13.5. The van der Waals surface area contributed by atoms with Gasteiger partial charge in [-0.15, -0.1) is 0 Å². The van der Waals surface area contributed by atoms with Gasteiger partial charge in [0.15, 0.2) is 6.10 Å². The summed E-state index contributed by atoms with van der Waals surface area (Å²) in [5.41, 5.74) is -0.545. The first-order chi connectivity index (χ1) is 25.9. The number of amides is 1. The molecule has 1 aromatic heterocycles. The zero-order valence-corrected chi connectivity index (χ0v) is 33.1. The lowest BCUT2D eigenvalue weighted by molar-refractivity contribution is -0.159. The van der Waals surface area contributed by atoms with Crippen molar-refractivity contribution < 1.29 is 28.2 Å². The highest BCUT2D eigenvalue weighted by atomic mass is 79.9.